The fourth-order valence-corrected chi connectivity index (χ4v) is 2.83. The van der Waals surface area contributed by atoms with E-state index in [0.717, 1.165) is 29.6 Å². The van der Waals surface area contributed by atoms with Crippen LogP contribution < -0.4 is 0 Å². The van der Waals surface area contributed by atoms with Crippen LogP contribution in [0.25, 0.3) is 10.9 Å². The summed E-state index contributed by atoms with van der Waals surface area (Å²) in [7, 11) is 0. The molecule has 3 aromatic rings. The van der Waals surface area contributed by atoms with E-state index in [1.165, 1.54) is 17.8 Å². The number of carbonyl (C=O) groups is 1. The molecule has 0 unspecified atom stereocenters. The standard InChI is InChI=1S/C18H19N3O2/c1-3-8-21-17-5-4-12(2)9-15(17)16(20-21)10-13-11-19-7-6-14(13)18(22)23/h4-7,9,11H,3,8,10H2,1-2H3,(H,22,23). The predicted octanol–water partition coefficient (Wildman–Crippen LogP) is 3.44. The summed E-state index contributed by atoms with van der Waals surface area (Å²) in [5, 5.41) is 15.1. The Kier molecular flexibility index (Phi) is 4.10. The van der Waals surface area contributed by atoms with E-state index in [-0.39, 0.29) is 5.56 Å². The number of aromatic carboxylic acids is 1. The first-order chi connectivity index (χ1) is 11.1. The molecule has 0 fully saturated rings. The molecule has 2 aromatic heterocycles. The van der Waals surface area contributed by atoms with Gasteiger partial charge in [0.2, 0.25) is 0 Å². The van der Waals surface area contributed by atoms with Crippen LogP contribution in [0, 0.1) is 6.92 Å². The Balaban J connectivity index is 2.10. The molecule has 118 valence electrons. The van der Waals surface area contributed by atoms with Crippen LogP contribution in [-0.2, 0) is 13.0 Å². The van der Waals surface area contributed by atoms with Gasteiger partial charge in [0, 0.05) is 30.7 Å². The molecular weight excluding hydrogens is 290 g/mol. The highest BCUT2D eigenvalue weighted by Gasteiger charge is 2.15. The molecule has 3 rings (SSSR count). The van der Waals surface area contributed by atoms with Crippen molar-refractivity contribution >= 4 is 16.9 Å². The molecule has 0 radical (unpaired) electrons. The van der Waals surface area contributed by atoms with Crippen LogP contribution in [0.3, 0.4) is 0 Å². The molecule has 0 atom stereocenters. The fraction of sp³-hybridized carbons (Fsp3) is 0.278. The molecule has 1 aromatic carbocycles. The topological polar surface area (TPSA) is 68.0 Å². The maximum absolute atomic E-state index is 11.4. The molecule has 0 spiro atoms. The zero-order chi connectivity index (χ0) is 16.4. The van der Waals surface area contributed by atoms with E-state index in [4.69, 9.17) is 5.10 Å². The SMILES string of the molecule is CCCn1nc(Cc2cnccc2C(=O)O)c2cc(C)ccc21. The van der Waals surface area contributed by atoms with Crippen molar-refractivity contribution in [3.8, 4) is 0 Å². The lowest BCUT2D eigenvalue weighted by Crippen LogP contribution is -2.05. The number of carboxylic acids is 1. The van der Waals surface area contributed by atoms with Crippen molar-refractivity contribution in [1.29, 1.82) is 0 Å². The summed E-state index contributed by atoms with van der Waals surface area (Å²) < 4.78 is 2.00. The first kappa shape index (κ1) is 15.2. The molecule has 1 N–H and O–H groups in total. The molecule has 5 heteroatoms. The van der Waals surface area contributed by atoms with E-state index in [2.05, 4.69) is 30.1 Å². The minimum absolute atomic E-state index is 0.283. The van der Waals surface area contributed by atoms with Gasteiger partial charge < -0.3 is 5.11 Å². The summed E-state index contributed by atoms with van der Waals surface area (Å²) in [4.78, 5) is 15.5. The van der Waals surface area contributed by atoms with E-state index >= 15 is 0 Å². The normalized spacial score (nSPS) is 11.0. The summed E-state index contributed by atoms with van der Waals surface area (Å²) in [6, 6.07) is 7.81. The number of aromatic nitrogens is 3. The third-order valence-corrected chi connectivity index (χ3v) is 3.91. The maximum Gasteiger partial charge on any atom is 0.336 e. The highest BCUT2D eigenvalue weighted by Crippen LogP contribution is 2.24. The van der Waals surface area contributed by atoms with E-state index in [1.54, 1.807) is 6.20 Å². The van der Waals surface area contributed by atoms with Gasteiger partial charge in [0.05, 0.1) is 16.8 Å². The Bertz CT molecular complexity index is 868. The molecule has 0 aliphatic heterocycles. The summed E-state index contributed by atoms with van der Waals surface area (Å²) in [5.41, 5.74) is 4.12. The van der Waals surface area contributed by atoms with Gasteiger partial charge in [0.25, 0.3) is 0 Å². The summed E-state index contributed by atoms with van der Waals surface area (Å²) in [6.07, 6.45) is 4.58. The Morgan fingerprint density at radius 1 is 1.30 bits per heavy atom. The molecule has 0 amide bonds. The van der Waals surface area contributed by atoms with Crippen LogP contribution in [0.4, 0.5) is 0 Å². The van der Waals surface area contributed by atoms with Crippen LogP contribution in [0.1, 0.15) is 40.5 Å². The third kappa shape index (κ3) is 2.95. The van der Waals surface area contributed by atoms with Crippen molar-refractivity contribution in [2.24, 2.45) is 0 Å². The second kappa shape index (κ2) is 6.20. The Hall–Kier alpha value is -2.69. The number of benzene rings is 1. The lowest BCUT2D eigenvalue weighted by Gasteiger charge is -2.03. The Labute approximate surface area is 134 Å². The smallest absolute Gasteiger partial charge is 0.336 e. The van der Waals surface area contributed by atoms with Crippen molar-refractivity contribution in [2.45, 2.75) is 33.2 Å². The van der Waals surface area contributed by atoms with Crippen LogP contribution in [0.2, 0.25) is 0 Å². The summed E-state index contributed by atoms with van der Waals surface area (Å²) in [5.74, 6) is -0.934. The van der Waals surface area contributed by atoms with E-state index in [0.29, 0.717) is 12.0 Å². The molecule has 0 bridgehead atoms. The first-order valence-corrected chi connectivity index (χ1v) is 7.72. The number of fused-ring (bicyclic) bond motifs is 1. The predicted molar refractivity (Wildman–Crippen MR) is 88.8 cm³/mol. The number of hydrogen-bond acceptors (Lipinski definition) is 3. The highest BCUT2D eigenvalue weighted by atomic mass is 16.4. The number of nitrogens with zero attached hydrogens (tertiary/aromatic N) is 3. The van der Waals surface area contributed by atoms with Crippen molar-refractivity contribution in [3.63, 3.8) is 0 Å². The lowest BCUT2D eigenvalue weighted by atomic mass is 10.0. The van der Waals surface area contributed by atoms with Crippen LogP contribution in [-0.4, -0.2) is 25.8 Å². The second-order valence-electron chi connectivity index (χ2n) is 5.71. The van der Waals surface area contributed by atoms with Gasteiger partial charge in [-0.1, -0.05) is 18.6 Å². The zero-order valence-electron chi connectivity index (χ0n) is 13.3. The van der Waals surface area contributed by atoms with Gasteiger partial charge in [-0.05, 0) is 37.1 Å². The number of carboxylic acid groups (broad SMARTS) is 1. The second-order valence-corrected chi connectivity index (χ2v) is 5.71. The van der Waals surface area contributed by atoms with E-state index in [1.807, 2.05) is 11.6 Å². The van der Waals surface area contributed by atoms with Crippen molar-refractivity contribution in [2.75, 3.05) is 0 Å². The molecule has 2 heterocycles. The van der Waals surface area contributed by atoms with Gasteiger partial charge in [0.1, 0.15) is 0 Å². The molecule has 0 saturated heterocycles. The van der Waals surface area contributed by atoms with Crippen molar-refractivity contribution < 1.29 is 9.90 Å². The van der Waals surface area contributed by atoms with Gasteiger partial charge in [-0.25, -0.2) is 4.79 Å². The Morgan fingerprint density at radius 2 is 2.13 bits per heavy atom. The molecule has 5 nitrogen and oxygen atoms in total. The highest BCUT2D eigenvalue weighted by molar-refractivity contribution is 5.90. The van der Waals surface area contributed by atoms with Gasteiger partial charge in [-0.3, -0.25) is 9.67 Å². The maximum atomic E-state index is 11.4. The molecular formula is C18H19N3O2. The minimum Gasteiger partial charge on any atom is -0.478 e. The quantitative estimate of drug-likeness (QED) is 0.784. The number of rotatable bonds is 5. The molecule has 23 heavy (non-hydrogen) atoms. The average Bonchev–Trinajstić information content (AvgIpc) is 2.85. The van der Waals surface area contributed by atoms with Gasteiger partial charge in [-0.2, -0.15) is 5.10 Å². The minimum atomic E-state index is -0.934. The monoisotopic (exact) mass is 309 g/mol. The van der Waals surface area contributed by atoms with Crippen molar-refractivity contribution in [1.82, 2.24) is 14.8 Å². The fourth-order valence-electron chi connectivity index (χ4n) is 2.83. The summed E-state index contributed by atoms with van der Waals surface area (Å²) in [6.45, 7) is 5.01. The Morgan fingerprint density at radius 3 is 2.87 bits per heavy atom. The molecule has 0 aliphatic carbocycles. The van der Waals surface area contributed by atoms with Crippen LogP contribution in [0.5, 0.6) is 0 Å². The molecule has 0 saturated carbocycles. The van der Waals surface area contributed by atoms with Crippen LogP contribution in [0.15, 0.2) is 36.7 Å². The van der Waals surface area contributed by atoms with Gasteiger partial charge in [-0.15, -0.1) is 0 Å². The third-order valence-electron chi connectivity index (χ3n) is 3.91. The number of pyridine rings is 1. The lowest BCUT2D eigenvalue weighted by molar-refractivity contribution is 0.0695. The molecule has 0 aliphatic rings. The first-order valence-electron chi connectivity index (χ1n) is 7.72. The van der Waals surface area contributed by atoms with Gasteiger partial charge >= 0.3 is 5.97 Å². The van der Waals surface area contributed by atoms with E-state index < -0.39 is 5.97 Å². The number of aryl methyl sites for hydroxylation is 2. The largest absolute Gasteiger partial charge is 0.478 e. The summed E-state index contributed by atoms with van der Waals surface area (Å²) >= 11 is 0. The van der Waals surface area contributed by atoms with Crippen molar-refractivity contribution in [3.05, 3.63) is 59.0 Å². The average molecular weight is 309 g/mol. The number of hydrogen-bond donors (Lipinski definition) is 1. The van der Waals surface area contributed by atoms with Crippen LogP contribution >= 0.6 is 0 Å². The zero-order valence-corrected chi connectivity index (χ0v) is 13.3. The van der Waals surface area contributed by atoms with E-state index in [9.17, 15) is 9.90 Å². The van der Waals surface area contributed by atoms with Gasteiger partial charge in [0.15, 0.2) is 0 Å².